The van der Waals surface area contributed by atoms with Crippen LogP contribution in [0, 0.1) is 5.82 Å². The molecule has 2 N–H and O–H groups in total. The fraction of sp³-hybridized carbons (Fsp3) is 0.286. The van der Waals surface area contributed by atoms with Crippen molar-refractivity contribution in [3.05, 3.63) is 57.2 Å². The van der Waals surface area contributed by atoms with Gasteiger partial charge in [-0.1, -0.05) is 29.8 Å². The van der Waals surface area contributed by atoms with Gasteiger partial charge in [0.15, 0.2) is 0 Å². The van der Waals surface area contributed by atoms with Crippen molar-refractivity contribution in [1.82, 2.24) is 10.2 Å². The van der Waals surface area contributed by atoms with Crippen LogP contribution in [0.5, 0.6) is 0 Å². The summed E-state index contributed by atoms with van der Waals surface area (Å²) in [4.78, 5) is 11.4. The Bertz CT molecular complexity index is 697. The monoisotopic (exact) mass is 293 g/mol. The Kier molecular flexibility index (Phi) is 3.22. The maximum Gasteiger partial charge on any atom is 0.285 e. The van der Waals surface area contributed by atoms with Gasteiger partial charge in [0.25, 0.3) is 5.56 Å². The Hall–Kier alpha value is -1.88. The molecule has 1 aliphatic rings. The SMILES string of the molecule is O=c1[nH]ncc(NCC2(c3ccccc3F)CC2)c1Cl. The lowest BCUT2D eigenvalue weighted by molar-refractivity contribution is 0.578. The van der Waals surface area contributed by atoms with Gasteiger partial charge in [-0.15, -0.1) is 0 Å². The Labute approximate surface area is 120 Å². The zero-order valence-corrected chi connectivity index (χ0v) is 11.4. The minimum atomic E-state index is -0.438. The van der Waals surface area contributed by atoms with Crippen LogP contribution >= 0.6 is 11.6 Å². The highest BCUT2D eigenvalue weighted by Gasteiger charge is 2.45. The summed E-state index contributed by atoms with van der Waals surface area (Å²) in [5.74, 6) is -0.193. The largest absolute Gasteiger partial charge is 0.381 e. The molecule has 1 fully saturated rings. The summed E-state index contributed by atoms with van der Waals surface area (Å²) in [5.41, 5.74) is 0.531. The molecule has 0 radical (unpaired) electrons. The third kappa shape index (κ3) is 2.29. The molecule has 0 bridgehead atoms. The van der Waals surface area contributed by atoms with Crippen molar-refractivity contribution in [2.75, 3.05) is 11.9 Å². The lowest BCUT2D eigenvalue weighted by atomic mass is 9.95. The van der Waals surface area contributed by atoms with Crippen LogP contribution in [-0.4, -0.2) is 16.7 Å². The van der Waals surface area contributed by atoms with E-state index in [2.05, 4.69) is 15.5 Å². The third-order valence-electron chi connectivity index (χ3n) is 3.71. The van der Waals surface area contributed by atoms with Crippen molar-refractivity contribution in [1.29, 1.82) is 0 Å². The first-order valence-corrected chi connectivity index (χ1v) is 6.72. The molecule has 0 amide bonds. The molecule has 1 saturated carbocycles. The Morgan fingerprint density at radius 1 is 1.40 bits per heavy atom. The van der Waals surface area contributed by atoms with Crippen molar-refractivity contribution in [2.45, 2.75) is 18.3 Å². The summed E-state index contributed by atoms with van der Waals surface area (Å²) in [6.45, 7) is 0.527. The van der Waals surface area contributed by atoms with Gasteiger partial charge in [-0.2, -0.15) is 5.10 Å². The summed E-state index contributed by atoms with van der Waals surface area (Å²) in [6.07, 6.45) is 3.28. The van der Waals surface area contributed by atoms with Crippen molar-refractivity contribution in [3.63, 3.8) is 0 Å². The molecule has 20 heavy (non-hydrogen) atoms. The number of rotatable bonds is 4. The van der Waals surface area contributed by atoms with Gasteiger partial charge in [-0.25, -0.2) is 9.49 Å². The quantitative estimate of drug-likeness (QED) is 0.911. The van der Waals surface area contributed by atoms with Gasteiger partial charge in [0.1, 0.15) is 10.8 Å². The number of halogens is 2. The minimum Gasteiger partial charge on any atom is -0.381 e. The molecule has 6 heteroatoms. The van der Waals surface area contributed by atoms with Gasteiger partial charge in [-0.3, -0.25) is 4.79 Å². The van der Waals surface area contributed by atoms with Crippen molar-refractivity contribution >= 4 is 17.3 Å². The normalized spacial score (nSPS) is 15.9. The van der Waals surface area contributed by atoms with E-state index >= 15 is 0 Å². The Morgan fingerprint density at radius 3 is 2.85 bits per heavy atom. The van der Waals surface area contributed by atoms with E-state index in [9.17, 15) is 9.18 Å². The molecular formula is C14H13ClFN3O. The van der Waals surface area contributed by atoms with Crippen LogP contribution in [0.3, 0.4) is 0 Å². The summed E-state index contributed by atoms with van der Waals surface area (Å²) in [7, 11) is 0. The fourth-order valence-corrected chi connectivity index (χ4v) is 2.51. The van der Waals surface area contributed by atoms with E-state index in [0.29, 0.717) is 17.8 Å². The molecule has 1 heterocycles. The van der Waals surface area contributed by atoms with Crippen LogP contribution in [0.25, 0.3) is 0 Å². The molecule has 104 valence electrons. The second-order valence-electron chi connectivity index (χ2n) is 5.04. The van der Waals surface area contributed by atoms with Crippen LogP contribution in [0.1, 0.15) is 18.4 Å². The first-order chi connectivity index (χ1) is 9.62. The van der Waals surface area contributed by atoms with E-state index in [0.717, 1.165) is 12.8 Å². The predicted octanol–water partition coefficient (Wildman–Crippen LogP) is 2.71. The maximum absolute atomic E-state index is 13.9. The summed E-state index contributed by atoms with van der Waals surface area (Å²) >= 11 is 5.90. The molecular weight excluding hydrogens is 281 g/mol. The third-order valence-corrected chi connectivity index (χ3v) is 4.09. The number of aromatic amines is 1. The van der Waals surface area contributed by atoms with Gasteiger partial charge in [0.05, 0.1) is 11.9 Å². The number of aromatic nitrogens is 2. The molecule has 1 aromatic heterocycles. The van der Waals surface area contributed by atoms with E-state index in [1.54, 1.807) is 6.07 Å². The topological polar surface area (TPSA) is 57.8 Å². The number of H-pyrrole nitrogens is 1. The highest BCUT2D eigenvalue weighted by atomic mass is 35.5. The molecule has 0 unspecified atom stereocenters. The smallest absolute Gasteiger partial charge is 0.285 e. The fourth-order valence-electron chi connectivity index (χ4n) is 2.35. The summed E-state index contributed by atoms with van der Waals surface area (Å²) in [6, 6.07) is 6.79. The van der Waals surface area contributed by atoms with Crippen LogP contribution in [-0.2, 0) is 5.41 Å². The predicted molar refractivity (Wildman–Crippen MR) is 75.7 cm³/mol. The second-order valence-corrected chi connectivity index (χ2v) is 5.42. The lowest BCUT2D eigenvalue weighted by Gasteiger charge is -2.18. The molecule has 4 nitrogen and oxygen atoms in total. The number of hydrogen-bond donors (Lipinski definition) is 2. The van der Waals surface area contributed by atoms with Gasteiger partial charge < -0.3 is 5.32 Å². The van der Waals surface area contributed by atoms with Crippen molar-refractivity contribution < 1.29 is 4.39 Å². The van der Waals surface area contributed by atoms with Gasteiger partial charge in [0.2, 0.25) is 0 Å². The molecule has 0 saturated heterocycles. The average Bonchev–Trinajstić information content (AvgIpc) is 3.22. The number of hydrogen-bond acceptors (Lipinski definition) is 3. The summed E-state index contributed by atoms with van der Waals surface area (Å²) < 4.78 is 13.9. The minimum absolute atomic E-state index is 0.0735. The van der Waals surface area contributed by atoms with Crippen LogP contribution in [0.15, 0.2) is 35.3 Å². The highest BCUT2D eigenvalue weighted by Crippen LogP contribution is 2.49. The number of anilines is 1. The lowest BCUT2D eigenvalue weighted by Crippen LogP contribution is -2.22. The van der Waals surface area contributed by atoms with Gasteiger partial charge in [0, 0.05) is 12.0 Å². The first kappa shape index (κ1) is 13.1. The first-order valence-electron chi connectivity index (χ1n) is 6.34. The van der Waals surface area contributed by atoms with Gasteiger partial charge >= 0.3 is 0 Å². The van der Waals surface area contributed by atoms with Crippen molar-refractivity contribution in [2.24, 2.45) is 0 Å². The van der Waals surface area contributed by atoms with Gasteiger partial charge in [-0.05, 0) is 24.5 Å². The Morgan fingerprint density at radius 2 is 2.15 bits per heavy atom. The van der Waals surface area contributed by atoms with E-state index in [1.807, 2.05) is 12.1 Å². The summed E-state index contributed by atoms with van der Waals surface area (Å²) in [5, 5.41) is 9.13. The van der Waals surface area contributed by atoms with Crippen LogP contribution in [0.2, 0.25) is 5.02 Å². The van der Waals surface area contributed by atoms with Crippen LogP contribution in [0.4, 0.5) is 10.1 Å². The molecule has 1 aromatic carbocycles. The van der Waals surface area contributed by atoms with E-state index in [4.69, 9.17) is 11.6 Å². The molecule has 0 atom stereocenters. The van der Waals surface area contributed by atoms with E-state index in [-0.39, 0.29) is 16.3 Å². The van der Waals surface area contributed by atoms with Crippen LogP contribution < -0.4 is 10.9 Å². The second kappa shape index (κ2) is 4.90. The van der Waals surface area contributed by atoms with E-state index < -0.39 is 5.56 Å². The molecule has 0 aliphatic heterocycles. The number of nitrogens with one attached hydrogen (secondary N) is 2. The molecule has 2 aromatic rings. The van der Waals surface area contributed by atoms with E-state index in [1.165, 1.54) is 12.3 Å². The number of benzene rings is 1. The molecule has 0 spiro atoms. The van der Waals surface area contributed by atoms with Crippen molar-refractivity contribution in [3.8, 4) is 0 Å². The molecule has 1 aliphatic carbocycles. The average molecular weight is 294 g/mol. The maximum atomic E-state index is 13.9. The zero-order chi connectivity index (χ0) is 14.2. The Balaban J connectivity index is 1.80. The highest BCUT2D eigenvalue weighted by molar-refractivity contribution is 6.32. The number of nitrogens with zero attached hydrogens (tertiary/aromatic N) is 1. The standard InChI is InChI=1S/C14H13ClFN3O/c15-12-11(7-18-19-13(12)20)17-8-14(5-6-14)9-3-1-2-4-10(9)16/h1-4,7H,5-6,8H2,(H2,17,19,20). The zero-order valence-electron chi connectivity index (χ0n) is 10.6. The molecule has 3 rings (SSSR count).